The Morgan fingerprint density at radius 3 is 2.01 bits per heavy atom. The molecule has 1 saturated heterocycles. The van der Waals surface area contributed by atoms with Gasteiger partial charge in [0.05, 0.1) is 29.7 Å². The number of phenolic OH excluding ortho intramolecular Hbond substituents is 4. The molecule has 4 saturated carbocycles. The molecule has 30 nitrogen and oxygen atoms in total. The van der Waals surface area contributed by atoms with E-state index in [4.69, 9.17) is 36.3 Å². The van der Waals surface area contributed by atoms with Crippen molar-refractivity contribution in [2.24, 2.45) is 35.3 Å². The van der Waals surface area contributed by atoms with Crippen LogP contribution in [-0.4, -0.2) is 152 Å². The van der Waals surface area contributed by atoms with E-state index < -0.39 is 173 Å². The average molecular weight is 1540 g/mol. The molecule has 0 aromatic heterocycles. The van der Waals surface area contributed by atoms with E-state index in [1.54, 1.807) is 13.8 Å². The number of aliphatic hydroxyl groups excluding tert-OH is 2. The number of hydrogen-bond donors (Lipinski definition) is 17. The van der Waals surface area contributed by atoms with Crippen LogP contribution in [0, 0.1) is 29.6 Å². The number of nitrogens with two attached hydrogens (primary N) is 1. The molecule has 18 N–H and O–H groups in total. The molecule has 13 atom stereocenters. The highest BCUT2D eigenvalue weighted by Crippen LogP contribution is 2.55. The van der Waals surface area contributed by atoms with Crippen molar-refractivity contribution in [3.05, 3.63) is 118 Å². The number of hydrogen-bond acceptors (Lipinski definition) is 21. The number of carbonyl (C=O) groups excluding carboxylic acids is 9. The Hall–Kier alpha value is -9.82. The number of benzene rings is 5. The fourth-order valence-corrected chi connectivity index (χ4v) is 17.0. The van der Waals surface area contributed by atoms with E-state index >= 15 is 28.8 Å². The minimum atomic E-state index is -2.21. The fraction of sp³-hybridized carbons (Fsp3) is 0.506. The second-order valence-electron chi connectivity index (χ2n) is 31.0. The highest BCUT2D eigenvalue weighted by Gasteiger charge is 2.51. The van der Waals surface area contributed by atoms with Gasteiger partial charge in [0.1, 0.15) is 77.2 Å². The lowest BCUT2D eigenvalue weighted by atomic mass is 9.54. The number of phenols is 4. The first-order chi connectivity index (χ1) is 52.4. The SMILES string of the molecule is CCCCCCCCNC(=O)NC(=O)C[C@@H]1NC(=O)[C@H](NC(=O)[C@@H](CC(C)C)NC)[C@H](O)c2ccc(c(Cl)c2)Oc2cc3cc(c2O)Oc2ccc(cc2)[C@@H](OC2CC(C)(N)C(O)C(C)O2)[C@@H]2NC(=O)[C@H](NC(=O)[C@@H]3NC1=O)c1ccc(O)c(c1)-c1c(O)cc(O)cc1[C@@H](C(=O)NC1C3CC4CC(C3)CC1C4)NC2=O. The van der Waals surface area contributed by atoms with Gasteiger partial charge in [0.25, 0.3) is 0 Å². The van der Waals surface area contributed by atoms with Gasteiger partial charge < -0.3 is 103 Å². The maximum absolute atomic E-state index is 16.3. The number of imide groups is 1. The lowest BCUT2D eigenvalue weighted by Crippen LogP contribution is -2.61. The van der Waals surface area contributed by atoms with Crippen molar-refractivity contribution in [3.8, 4) is 57.1 Å². The number of fused-ring (bicyclic) bond motifs is 15. The number of rotatable bonds is 18. The van der Waals surface area contributed by atoms with E-state index in [1.165, 1.54) is 61.6 Å². The van der Waals surface area contributed by atoms with Gasteiger partial charge in [-0.05, 0) is 178 Å². The standard InChI is InChI=1S/C79H98ClN11O19/c1-7-8-9-10-11-12-21-83-78(106)85-58(95)34-52-72(100)87-63-45-30-56(68(97)57(31-45)109-55-20-16-42(29-50(55)80)67(96)65(76(104)84-52)90-71(99)51(82-6)22-36(2)3)108-47-17-13-40(14-18-47)69(110-59-35-79(5,81)70(98)37(4)107-59)66-77(105)89-64(75(103)86-61-43-24-38-23-39(26-43)27-44(61)25-38)49-32-46(92)33-54(94)60(49)48-28-41(15-19-53(48)93)62(73(101)91-66)88-74(63)102/h13-20,28-33,36-39,43-44,51-52,59,61-67,69-70,82,92-94,96-98H,7-12,21-27,34-35,81H2,1-6H3,(H,84,104)(H,86,103)(H,87,100)(H,88,102)(H,89,105)(H,90,99)(H,91,101)(H2,83,85,95,106)/t37?,38?,39?,43?,44?,51-,52+,59?,61?,62-,63-,64+,65-,66+,67-,69-,70?,79?/m1/s1. The van der Waals surface area contributed by atoms with Crippen LogP contribution in [0.1, 0.15) is 183 Å². The summed E-state index contributed by atoms with van der Waals surface area (Å²) in [5.74, 6) is -11.8. The van der Waals surface area contributed by atoms with E-state index in [2.05, 4.69) is 60.1 Å². The molecule has 31 heteroatoms. The Labute approximate surface area is 640 Å². The average Bonchev–Trinajstić information content (AvgIpc) is 0.757. The van der Waals surface area contributed by atoms with Gasteiger partial charge in [-0.25, -0.2) is 4.79 Å². The summed E-state index contributed by atoms with van der Waals surface area (Å²) in [7, 11) is 1.51. The van der Waals surface area contributed by atoms with Crippen LogP contribution in [0.15, 0.2) is 84.9 Å². The first-order valence-corrected chi connectivity index (χ1v) is 38.2. The molecule has 0 spiro atoms. The van der Waals surface area contributed by atoms with Crippen molar-refractivity contribution >= 4 is 64.9 Å². The largest absolute Gasteiger partial charge is 0.508 e. The van der Waals surface area contributed by atoms with Crippen molar-refractivity contribution in [1.29, 1.82) is 0 Å². The number of aliphatic hydroxyl groups is 2. The topological polar surface area (TPSA) is 458 Å². The molecule has 6 heterocycles. The predicted octanol–water partition coefficient (Wildman–Crippen LogP) is 6.54. The number of unbranched alkanes of at least 4 members (excludes halogenated alkanes) is 5. The van der Waals surface area contributed by atoms with E-state index in [-0.39, 0.29) is 98.6 Å². The minimum Gasteiger partial charge on any atom is -0.508 e. The molecule has 10 aliphatic rings. The van der Waals surface area contributed by atoms with Gasteiger partial charge >= 0.3 is 6.03 Å². The van der Waals surface area contributed by atoms with E-state index in [9.17, 15) is 45.0 Å². The molecule has 5 fully saturated rings. The second-order valence-corrected chi connectivity index (χ2v) is 31.4. The van der Waals surface area contributed by atoms with E-state index in [0.29, 0.717) is 18.3 Å². The van der Waals surface area contributed by atoms with Crippen molar-refractivity contribution in [1.82, 2.24) is 53.2 Å². The summed E-state index contributed by atoms with van der Waals surface area (Å²) < 4.78 is 25.9. The monoisotopic (exact) mass is 1540 g/mol. The summed E-state index contributed by atoms with van der Waals surface area (Å²) in [4.78, 5) is 137. The molecule has 6 aliphatic heterocycles. The highest BCUT2D eigenvalue weighted by molar-refractivity contribution is 6.32. The smallest absolute Gasteiger partial charge is 0.321 e. The summed E-state index contributed by atoms with van der Waals surface area (Å²) in [5.41, 5.74) is 4.00. The third kappa shape index (κ3) is 17.8. The van der Waals surface area contributed by atoms with Crippen molar-refractivity contribution in [3.63, 3.8) is 0 Å². The molecule has 10 amide bonds. The molecule has 15 bridgehead atoms. The lowest BCUT2D eigenvalue weighted by molar-refractivity contribution is -0.255. The van der Waals surface area contributed by atoms with Crippen molar-refractivity contribution in [2.75, 3.05) is 13.6 Å². The quantitative estimate of drug-likeness (QED) is 0.0414. The molecule has 4 aliphatic carbocycles. The summed E-state index contributed by atoms with van der Waals surface area (Å²) >= 11 is 6.97. The summed E-state index contributed by atoms with van der Waals surface area (Å²) in [6.45, 7) is 9.07. The number of urea groups is 1. The van der Waals surface area contributed by atoms with Crippen LogP contribution >= 0.6 is 11.6 Å². The molecule has 0 radical (unpaired) electrons. The van der Waals surface area contributed by atoms with E-state index in [0.717, 1.165) is 94.5 Å². The minimum absolute atomic E-state index is 0.0634. The maximum Gasteiger partial charge on any atom is 0.321 e. The number of halogens is 1. The van der Waals surface area contributed by atoms with Crippen LogP contribution < -0.4 is 68.4 Å². The number of amides is 10. The van der Waals surface area contributed by atoms with Crippen LogP contribution in [0.2, 0.25) is 5.02 Å². The Balaban J connectivity index is 1.02. The third-order valence-corrected chi connectivity index (χ3v) is 22.5. The van der Waals surface area contributed by atoms with Gasteiger partial charge in [-0.15, -0.1) is 0 Å². The molecular formula is C79H98ClN11O19. The highest BCUT2D eigenvalue weighted by atomic mass is 35.5. The Bertz CT molecular complexity index is 4310. The Morgan fingerprint density at radius 2 is 1.34 bits per heavy atom. The molecule has 5 aromatic rings. The summed E-state index contributed by atoms with van der Waals surface area (Å²) in [6.07, 6.45) is 1.54. The number of carbonyl (C=O) groups is 9. The summed E-state index contributed by atoms with van der Waals surface area (Å²) in [5, 5.41) is 98.4. The third-order valence-electron chi connectivity index (χ3n) is 22.2. The first-order valence-electron chi connectivity index (χ1n) is 37.8. The van der Waals surface area contributed by atoms with Crippen LogP contribution in [0.25, 0.3) is 11.1 Å². The summed E-state index contributed by atoms with van der Waals surface area (Å²) in [6, 6.07) is 2.75. The normalized spacial score (nSPS) is 28.7. The van der Waals surface area contributed by atoms with Crippen LogP contribution in [0.3, 0.4) is 0 Å². The van der Waals surface area contributed by atoms with Gasteiger partial charge in [0.2, 0.25) is 53.0 Å². The zero-order valence-corrected chi connectivity index (χ0v) is 62.8. The first kappa shape index (κ1) is 79.7. The molecule has 4 unspecified atom stereocenters. The fourth-order valence-electron chi connectivity index (χ4n) is 16.8. The number of nitrogens with one attached hydrogen (secondary N) is 10. The van der Waals surface area contributed by atoms with Gasteiger partial charge in [-0.3, -0.25) is 43.7 Å². The number of aromatic hydroxyl groups is 4. The van der Waals surface area contributed by atoms with Gasteiger partial charge in [-0.2, -0.15) is 0 Å². The van der Waals surface area contributed by atoms with Gasteiger partial charge in [0, 0.05) is 41.7 Å². The zero-order chi connectivity index (χ0) is 78.7. The maximum atomic E-state index is 16.3. The number of likely N-dealkylation sites (N-methyl/N-ethyl adjacent to an activating group) is 1. The second kappa shape index (κ2) is 33.8. The zero-order valence-electron chi connectivity index (χ0n) is 62.0. The van der Waals surface area contributed by atoms with Crippen LogP contribution in [0.5, 0.6) is 46.0 Å². The van der Waals surface area contributed by atoms with E-state index in [1.807, 2.05) is 13.8 Å². The van der Waals surface area contributed by atoms with Gasteiger partial charge in [-0.1, -0.05) is 88.7 Å². The molecule has 110 heavy (non-hydrogen) atoms. The molecule has 5 aromatic carbocycles. The molecule has 15 rings (SSSR count). The predicted molar refractivity (Wildman–Crippen MR) is 399 cm³/mol. The van der Waals surface area contributed by atoms with Crippen molar-refractivity contribution < 1.29 is 92.7 Å². The molecule has 590 valence electrons. The van der Waals surface area contributed by atoms with Crippen molar-refractivity contribution in [2.45, 2.75) is 209 Å². The van der Waals surface area contributed by atoms with Crippen LogP contribution in [-0.2, 0) is 47.8 Å². The number of ether oxygens (including phenoxy) is 4. The molecular weight excluding hydrogens is 1440 g/mol. The lowest BCUT2D eigenvalue weighted by Gasteiger charge is -2.54. The van der Waals surface area contributed by atoms with Gasteiger partial charge in [0.15, 0.2) is 17.8 Å². The Kier molecular flexibility index (Phi) is 24.5. The Morgan fingerprint density at radius 1 is 0.691 bits per heavy atom. The van der Waals surface area contributed by atoms with Crippen LogP contribution in [0.4, 0.5) is 4.79 Å².